The Kier molecular flexibility index (Phi) is 8.43. The number of ether oxygens (including phenoxy) is 1. The molecule has 0 radical (unpaired) electrons. The molecule has 0 aromatic heterocycles. The van der Waals surface area contributed by atoms with E-state index in [2.05, 4.69) is 4.72 Å². The van der Waals surface area contributed by atoms with Crippen LogP contribution in [0.3, 0.4) is 0 Å². The molecule has 0 bridgehead atoms. The molecule has 4 rings (SSSR count). The van der Waals surface area contributed by atoms with Crippen molar-refractivity contribution in [3.05, 3.63) is 80.2 Å². The molecule has 1 aliphatic rings. The molecular weight excluding hydrogens is 638 g/mol. The van der Waals surface area contributed by atoms with E-state index >= 15 is 4.39 Å². The Bertz CT molecular complexity index is 1590. The van der Waals surface area contributed by atoms with Gasteiger partial charge in [0, 0.05) is 0 Å². The molecule has 11 heteroatoms. The normalized spacial score (nSPS) is 15.9. The summed E-state index contributed by atoms with van der Waals surface area (Å²) in [4.78, 5) is 16.6. The zero-order chi connectivity index (χ0) is 28.5. The van der Waals surface area contributed by atoms with Gasteiger partial charge in [0.1, 0.15) is 0 Å². The van der Waals surface area contributed by atoms with Crippen molar-refractivity contribution in [2.45, 2.75) is 26.8 Å². The van der Waals surface area contributed by atoms with Gasteiger partial charge >= 0.3 is 179 Å². The van der Waals surface area contributed by atoms with Gasteiger partial charge < -0.3 is 0 Å². The summed E-state index contributed by atoms with van der Waals surface area (Å²) in [6.07, 6.45) is 1.34. The fourth-order valence-electron chi connectivity index (χ4n) is 4.59. The van der Waals surface area contributed by atoms with E-state index in [1.165, 1.54) is 17.1 Å². The Morgan fingerprint density at radius 3 is 2.49 bits per heavy atom. The van der Waals surface area contributed by atoms with Gasteiger partial charge in [-0.3, -0.25) is 4.72 Å². The quantitative estimate of drug-likeness (QED) is 0.273. The maximum absolute atomic E-state index is 15.4. The predicted octanol–water partition coefficient (Wildman–Crippen LogP) is 4.91. The Balaban J connectivity index is 1.65. The fourth-order valence-corrected chi connectivity index (χ4v) is 7.85. The molecule has 3 aromatic carbocycles. The van der Waals surface area contributed by atoms with Crippen LogP contribution < -0.4 is 9.46 Å². The predicted molar refractivity (Wildman–Crippen MR) is 158 cm³/mol. The number of nitrogens with zero attached hydrogens (tertiary/aromatic N) is 1. The second kappa shape index (κ2) is 11.3. The number of anilines is 1. The number of aliphatic hydroxyl groups excluding tert-OH is 1. The van der Waals surface area contributed by atoms with Crippen LogP contribution in [-0.2, 0) is 26.1 Å². The van der Waals surface area contributed by atoms with E-state index in [4.69, 9.17) is 4.74 Å². The molecular formula is C28H32FIN2O6S. The topological polar surface area (TPSA) is 113 Å². The number of halogens is 2. The number of amides is 1. The minimum atomic E-state index is -4.08. The first-order chi connectivity index (χ1) is 18.3. The van der Waals surface area contributed by atoms with Gasteiger partial charge in [-0.2, -0.15) is 0 Å². The second-order valence-corrected chi connectivity index (χ2v) is 18.5. The number of aryl methyl sites for hydroxylation is 1. The first-order valence-corrected chi connectivity index (χ1v) is 19.8. The van der Waals surface area contributed by atoms with Crippen LogP contribution in [0, 0.1) is 16.3 Å². The zero-order valence-electron chi connectivity index (χ0n) is 22.3. The monoisotopic (exact) mass is 670 g/mol. The first kappa shape index (κ1) is 29.1. The van der Waals surface area contributed by atoms with Crippen LogP contribution in [0.1, 0.15) is 34.0 Å². The van der Waals surface area contributed by atoms with Crippen LogP contribution in [0.5, 0.6) is 5.75 Å². The van der Waals surface area contributed by atoms with Gasteiger partial charge in [-0.25, -0.2) is 8.42 Å². The number of hydrogen-bond acceptors (Lipinski definition) is 6. The molecule has 3 aromatic rings. The van der Waals surface area contributed by atoms with Gasteiger partial charge in [0.2, 0.25) is 10.0 Å². The Labute approximate surface area is 232 Å². The molecule has 1 heterocycles. The maximum atomic E-state index is 15.4. The van der Waals surface area contributed by atoms with E-state index < -0.39 is 38.9 Å². The van der Waals surface area contributed by atoms with Gasteiger partial charge in [-0.1, -0.05) is 0 Å². The molecule has 1 unspecified atom stereocenters. The van der Waals surface area contributed by atoms with Crippen molar-refractivity contribution in [2.75, 3.05) is 33.7 Å². The third-order valence-corrected chi connectivity index (χ3v) is 11.8. The summed E-state index contributed by atoms with van der Waals surface area (Å²) >= 11 is -4.08. The summed E-state index contributed by atoms with van der Waals surface area (Å²) in [6.45, 7) is 4.36. The van der Waals surface area contributed by atoms with Crippen molar-refractivity contribution >= 4 is 40.0 Å². The molecule has 0 fully saturated rings. The number of carbonyl (C=O) groups is 1. The van der Waals surface area contributed by atoms with Gasteiger partial charge in [-0.15, -0.1) is 0 Å². The molecule has 1 atom stereocenters. The molecule has 0 saturated heterocycles. The molecule has 210 valence electrons. The molecule has 1 amide bonds. The summed E-state index contributed by atoms with van der Waals surface area (Å²) in [5, 5.41) is 9.50. The van der Waals surface area contributed by atoms with Crippen molar-refractivity contribution in [3.63, 3.8) is 0 Å². The van der Waals surface area contributed by atoms with Crippen molar-refractivity contribution in [1.29, 1.82) is 0 Å². The molecule has 2 N–H and O–H groups in total. The number of hydrogen-bond donors (Lipinski definition) is 2. The number of benzene rings is 3. The van der Waals surface area contributed by atoms with Gasteiger partial charge in [0.15, 0.2) is 0 Å². The zero-order valence-corrected chi connectivity index (χ0v) is 25.2. The summed E-state index contributed by atoms with van der Waals surface area (Å²) in [5.74, 6) is -0.380. The summed E-state index contributed by atoms with van der Waals surface area (Å²) in [6, 6.07) is 14.0. The Morgan fingerprint density at radius 1 is 1.15 bits per heavy atom. The average molecular weight is 671 g/mol. The number of carbonyl (C=O) groups excluding carboxylic acids is 1. The van der Waals surface area contributed by atoms with Crippen LogP contribution in [-0.4, -0.2) is 53.3 Å². The number of aliphatic hydroxyl groups is 1. The van der Waals surface area contributed by atoms with Gasteiger partial charge in [0.25, 0.3) is 0 Å². The molecule has 0 spiro atoms. The molecule has 1 aliphatic heterocycles. The summed E-state index contributed by atoms with van der Waals surface area (Å²) < 4.78 is 59.2. The van der Waals surface area contributed by atoms with Crippen LogP contribution in [0.4, 0.5) is 10.1 Å². The number of alkyl halides is 2. The van der Waals surface area contributed by atoms with Crippen LogP contribution in [0.2, 0.25) is 0 Å². The number of sulfonamides is 1. The summed E-state index contributed by atoms with van der Waals surface area (Å²) in [7, 11) is -3.40. The minimum absolute atomic E-state index is 0.0139. The second-order valence-electron chi connectivity index (χ2n) is 9.59. The van der Waals surface area contributed by atoms with Crippen LogP contribution in [0.25, 0.3) is 11.1 Å². The van der Waals surface area contributed by atoms with Gasteiger partial charge in [-0.05, 0) is 18.6 Å². The molecule has 39 heavy (non-hydrogen) atoms. The Morgan fingerprint density at radius 2 is 1.85 bits per heavy atom. The number of fused-ring (bicyclic) bond motifs is 1. The fraction of sp³-hybridized carbons (Fsp3) is 0.321. The average Bonchev–Trinajstić information content (AvgIpc) is 3.10. The van der Waals surface area contributed by atoms with Crippen LogP contribution in [0.15, 0.2) is 48.5 Å². The number of nitrogens with one attached hydrogen (secondary N) is 1. The van der Waals surface area contributed by atoms with E-state index in [9.17, 15) is 21.4 Å². The SMILES string of the molecule is CCc1c(C(=O)N2CCOc3ccc(-c4ccc(NS(C)(=O)=O)c(C)c4)cc3C2)ccc(I(C)(=O)CO)c1F. The standard InChI is InChI=1S/C28H32FIN2O6S/c1-5-22-23(8-9-24(27(22)29)30(3,35)17-33)28(34)32-12-13-38-26-11-7-20(15-21(26)16-32)19-6-10-25(18(2)14-19)31-39(4,36)37/h6-11,14-15,31,33H,5,12-13,16-17H2,1-4H3. The van der Waals surface area contributed by atoms with Crippen molar-refractivity contribution in [1.82, 2.24) is 4.90 Å². The third kappa shape index (κ3) is 6.30. The van der Waals surface area contributed by atoms with Crippen molar-refractivity contribution < 1.29 is 30.5 Å². The molecule has 0 saturated carbocycles. The van der Waals surface area contributed by atoms with Crippen molar-refractivity contribution in [3.8, 4) is 16.9 Å². The van der Waals surface area contributed by atoms with Crippen LogP contribution >= 0.6 is 18.4 Å². The number of rotatable bonds is 7. The van der Waals surface area contributed by atoms with Crippen molar-refractivity contribution in [2.24, 2.45) is 0 Å². The third-order valence-electron chi connectivity index (χ3n) is 6.62. The van der Waals surface area contributed by atoms with E-state index in [-0.39, 0.29) is 40.2 Å². The molecule has 8 nitrogen and oxygen atoms in total. The Hall–Kier alpha value is -2.90. The van der Waals surface area contributed by atoms with Gasteiger partial charge in [0.05, 0.1) is 11.9 Å². The summed E-state index contributed by atoms with van der Waals surface area (Å²) in [5.41, 5.74) is 4.18. The van der Waals surface area contributed by atoms with E-state index in [0.717, 1.165) is 28.5 Å². The molecule has 0 aliphatic carbocycles. The first-order valence-electron chi connectivity index (χ1n) is 12.3. The van der Waals surface area contributed by atoms with E-state index in [1.54, 1.807) is 17.9 Å². The van der Waals surface area contributed by atoms with E-state index in [1.807, 2.05) is 37.3 Å². The van der Waals surface area contributed by atoms with E-state index in [0.29, 0.717) is 18.0 Å².